The van der Waals surface area contributed by atoms with Crippen molar-refractivity contribution in [1.82, 2.24) is 0 Å². The van der Waals surface area contributed by atoms with Crippen LogP contribution in [-0.4, -0.2) is 10.2 Å². The SMILES string of the molecule is CCCCc1ccc(NC(=S)Nc2cccc3c(O)cccc23)cc1. The Balaban J connectivity index is 1.70. The van der Waals surface area contributed by atoms with E-state index in [1.165, 1.54) is 18.4 Å². The summed E-state index contributed by atoms with van der Waals surface area (Å²) in [5.41, 5.74) is 3.17. The fraction of sp³-hybridized carbons (Fsp3) is 0.190. The number of anilines is 2. The highest BCUT2D eigenvalue weighted by atomic mass is 32.1. The number of unbranched alkanes of at least 4 members (excludes halogenated alkanes) is 1. The smallest absolute Gasteiger partial charge is 0.175 e. The molecule has 0 unspecified atom stereocenters. The molecule has 0 radical (unpaired) electrons. The highest BCUT2D eigenvalue weighted by Crippen LogP contribution is 2.29. The van der Waals surface area contributed by atoms with Gasteiger partial charge >= 0.3 is 0 Å². The summed E-state index contributed by atoms with van der Waals surface area (Å²) in [5, 5.41) is 18.7. The van der Waals surface area contributed by atoms with Crippen LogP contribution in [0.3, 0.4) is 0 Å². The monoisotopic (exact) mass is 350 g/mol. The fourth-order valence-corrected chi connectivity index (χ4v) is 3.05. The minimum absolute atomic E-state index is 0.266. The van der Waals surface area contributed by atoms with Crippen molar-refractivity contribution in [3.63, 3.8) is 0 Å². The average Bonchev–Trinajstić information content (AvgIpc) is 2.62. The molecule has 0 spiro atoms. The maximum Gasteiger partial charge on any atom is 0.175 e. The van der Waals surface area contributed by atoms with Gasteiger partial charge in [-0.2, -0.15) is 0 Å². The Morgan fingerprint density at radius 3 is 2.40 bits per heavy atom. The van der Waals surface area contributed by atoms with Crippen molar-refractivity contribution >= 4 is 39.5 Å². The van der Waals surface area contributed by atoms with Crippen molar-refractivity contribution in [2.75, 3.05) is 10.6 Å². The van der Waals surface area contributed by atoms with E-state index in [4.69, 9.17) is 12.2 Å². The number of hydrogen-bond donors (Lipinski definition) is 3. The molecule has 3 aromatic carbocycles. The van der Waals surface area contributed by atoms with Crippen LogP contribution in [0, 0.1) is 0 Å². The van der Waals surface area contributed by atoms with Crippen molar-refractivity contribution < 1.29 is 5.11 Å². The molecular formula is C21H22N2OS. The van der Waals surface area contributed by atoms with Gasteiger partial charge in [-0.05, 0) is 54.9 Å². The summed E-state index contributed by atoms with van der Waals surface area (Å²) in [4.78, 5) is 0. The van der Waals surface area contributed by atoms with Crippen LogP contribution in [0.1, 0.15) is 25.3 Å². The zero-order chi connectivity index (χ0) is 17.6. The average molecular weight is 350 g/mol. The van der Waals surface area contributed by atoms with Gasteiger partial charge in [0.05, 0.1) is 0 Å². The van der Waals surface area contributed by atoms with E-state index in [2.05, 4.69) is 29.7 Å². The summed E-state index contributed by atoms with van der Waals surface area (Å²) in [6.45, 7) is 2.20. The summed E-state index contributed by atoms with van der Waals surface area (Å²) < 4.78 is 0. The lowest BCUT2D eigenvalue weighted by Crippen LogP contribution is -2.19. The standard InChI is InChI=1S/C21H22N2OS/c1-2-3-6-15-11-13-16(14-12-15)22-21(25)23-19-9-4-8-18-17(19)7-5-10-20(18)24/h4-5,7-14,24H,2-3,6H2,1H3,(H2,22,23,25). The Hall–Kier alpha value is -2.59. The lowest BCUT2D eigenvalue weighted by Gasteiger charge is -2.13. The number of rotatable bonds is 5. The number of phenols is 1. The molecule has 0 aliphatic carbocycles. The van der Waals surface area contributed by atoms with Crippen molar-refractivity contribution in [3.8, 4) is 5.75 Å². The minimum Gasteiger partial charge on any atom is -0.507 e. The van der Waals surface area contributed by atoms with E-state index in [0.717, 1.165) is 28.6 Å². The summed E-state index contributed by atoms with van der Waals surface area (Å²) in [6, 6.07) is 19.6. The molecule has 0 amide bonds. The predicted octanol–water partition coefficient (Wildman–Crippen LogP) is 5.70. The molecule has 3 aromatic rings. The van der Waals surface area contributed by atoms with Crippen LogP contribution in [0.25, 0.3) is 10.8 Å². The number of phenolic OH excluding ortho intramolecular Hbond substituents is 1. The van der Waals surface area contributed by atoms with Gasteiger partial charge in [0.1, 0.15) is 5.75 Å². The molecule has 0 heterocycles. The van der Waals surface area contributed by atoms with Crippen molar-refractivity contribution in [3.05, 3.63) is 66.2 Å². The summed E-state index contributed by atoms with van der Waals surface area (Å²) >= 11 is 5.43. The number of thiocarbonyl (C=S) groups is 1. The van der Waals surface area contributed by atoms with Gasteiger partial charge in [-0.1, -0.05) is 49.7 Å². The van der Waals surface area contributed by atoms with Crippen LogP contribution >= 0.6 is 12.2 Å². The molecule has 0 aliphatic heterocycles. The van der Waals surface area contributed by atoms with E-state index < -0.39 is 0 Å². The zero-order valence-electron chi connectivity index (χ0n) is 14.3. The zero-order valence-corrected chi connectivity index (χ0v) is 15.1. The Labute approximate surface area is 153 Å². The lowest BCUT2D eigenvalue weighted by atomic mass is 10.1. The summed E-state index contributed by atoms with van der Waals surface area (Å²) in [5.74, 6) is 0.266. The Bertz CT molecular complexity index is 875. The van der Waals surface area contributed by atoms with E-state index in [0.29, 0.717) is 5.11 Å². The van der Waals surface area contributed by atoms with E-state index in [1.807, 2.05) is 42.5 Å². The highest BCUT2D eigenvalue weighted by Gasteiger charge is 2.06. The molecule has 25 heavy (non-hydrogen) atoms. The normalized spacial score (nSPS) is 10.6. The first kappa shape index (κ1) is 17.2. The third kappa shape index (κ3) is 4.28. The second kappa shape index (κ2) is 7.99. The van der Waals surface area contributed by atoms with Gasteiger partial charge in [0.2, 0.25) is 0 Å². The Morgan fingerprint density at radius 2 is 1.64 bits per heavy atom. The maximum atomic E-state index is 9.98. The molecule has 0 atom stereocenters. The van der Waals surface area contributed by atoms with Crippen molar-refractivity contribution in [1.29, 1.82) is 0 Å². The first-order valence-corrected chi connectivity index (χ1v) is 8.96. The third-order valence-corrected chi connectivity index (χ3v) is 4.38. The summed E-state index contributed by atoms with van der Waals surface area (Å²) in [6.07, 6.45) is 3.52. The molecular weight excluding hydrogens is 328 g/mol. The van der Waals surface area contributed by atoms with Gasteiger partial charge in [0, 0.05) is 22.1 Å². The largest absolute Gasteiger partial charge is 0.507 e. The van der Waals surface area contributed by atoms with Gasteiger partial charge in [-0.15, -0.1) is 0 Å². The van der Waals surface area contributed by atoms with E-state index in [-0.39, 0.29) is 5.75 Å². The Morgan fingerprint density at radius 1 is 0.920 bits per heavy atom. The van der Waals surface area contributed by atoms with Gasteiger partial charge in [-0.25, -0.2) is 0 Å². The van der Waals surface area contributed by atoms with E-state index >= 15 is 0 Å². The molecule has 128 valence electrons. The number of benzene rings is 3. The number of nitrogens with one attached hydrogen (secondary N) is 2. The molecule has 0 saturated carbocycles. The van der Waals surface area contributed by atoms with Crippen molar-refractivity contribution in [2.45, 2.75) is 26.2 Å². The minimum atomic E-state index is 0.266. The second-order valence-corrected chi connectivity index (χ2v) is 6.47. The number of aromatic hydroxyl groups is 1. The maximum absolute atomic E-state index is 9.98. The molecule has 3 rings (SSSR count). The second-order valence-electron chi connectivity index (χ2n) is 6.06. The third-order valence-electron chi connectivity index (χ3n) is 4.18. The van der Waals surface area contributed by atoms with Crippen LogP contribution < -0.4 is 10.6 Å². The molecule has 0 saturated heterocycles. The Kier molecular flexibility index (Phi) is 5.51. The molecule has 3 N–H and O–H groups in total. The van der Waals surface area contributed by atoms with Crippen LogP contribution in [-0.2, 0) is 6.42 Å². The first-order chi connectivity index (χ1) is 12.2. The quantitative estimate of drug-likeness (QED) is 0.517. The van der Waals surface area contributed by atoms with Gasteiger partial charge in [-0.3, -0.25) is 0 Å². The number of hydrogen-bond acceptors (Lipinski definition) is 2. The van der Waals surface area contributed by atoms with E-state index in [9.17, 15) is 5.11 Å². The highest BCUT2D eigenvalue weighted by molar-refractivity contribution is 7.80. The molecule has 3 nitrogen and oxygen atoms in total. The van der Waals surface area contributed by atoms with E-state index in [1.54, 1.807) is 6.07 Å². The molecule has 0 aromatic heterocycles. The van der Waals surface area contributed by atoms with Crippen LogP contribution in [0.4, 0.5) is 11.4 Å². The van der Waals surface area contributed by atoms with Crippen molar-refractivity contribution in [2.24, 2.45) is 0 Å². The number of fused-ring (bicyclic) bond motifs is 1. The molecule has 0 bridgehead atoms. The lowest BCUT2D eigenvalue weighted by molar-refractivity contribution is 0.481. The van der Waals surface area contributed by atoms with Crippen LogP contribution in [0.5, 0.6) is 5.75 Å². The topological polar surface area (TPSA) is 44.3 Å². The molecule has 0 fully saturated rings. The molecule has 0 aliphatic rings. The van der Waals surface area contributed by atoms with Crippen LogP contribution in [0.2, 0.25) is 0 Å². The van der Waals surface area contributed by atoms with Gasteiger partial charge in [0.25, 0.3) is 0 Å². The first-order valence-electron chi connectivity index (χ1n) is 8.55. The van der Waals surface area contributed by atoms with Gasteiger partial charge in [0.15, 0.2) is 5.11 Å². The van der Waals surface area contributed by atoms with Crippen LogP contribution in [0.15, 0.2) is 60.7 Å². The number of aryl methyl sites for hydroxylation is 1. The van der Waals surface area contributed by atoms with Gasteiger partial charge < -0.3 is 15.7 Å². The molecule has 4 heteroatoms. The fourth-order valence-electron chi connectivity index (χ4n) is 2.82. The summed E-state index contributed by atoms with van der Waals surface area (Å²) in [7, 11) is 0. The predicted molar refractivity (Wildman–Crippen MR) is 111 cm³/mol.